The lowest BCUT2D eigenvalue weighted by molar-refractivity contribution is -0.145. The number of benzene rings is 2. The predicted molar refractivity (Wildman–Crippen MR) is 112 cm³/mol. The minimum absolute atomic E-state index is 0.118. The van der Waals surface area contributed by atoms with E-state index in [0.717, 1.165) is 11.1 Å². The number of nitriles is 1. The molecule has 4 atom stereocenters. The van der Waals surface area contributed by atoms with E-state index in [1.54, 1.807) is 0 Å². The van der Waals surface area contributed by atoms with Crippen molar-refractivity contribution >= 4 is 11.9 Å². The number of rotatable bonds is 11. The van der Waals surface area contributed by atoms with Gasteiger partial charge in [0, 0.05) is 5.92 Å². The van der Waals surface area contributed by atoms with E-state index in [9.17, 15) is 25.1 Å². The molecule has 2 aromatic carbocycles. The third kappa shape index (κ3) is 5.92. The summed E-state index contributed by atoms with van der Waals surface area (Å²) in [6.45, 7) is 0.142. The molecule has 2 aromatic rings. The highest BCUT2D eigenvalue weighted by Gasteiger charge is 2.57. The van der Waals surface area contributed by atoms with Gasteiger partial charge in [0.2, 0.25) is 5.60 Å². The zero-order chi connectivity index (χ0) is 23.0. The van der Waals surface area contributed by atoms with Crippen molar-refractivity contribution in [2.75, 3.05) is 6.61 Å². The summed E-state index contributed by atoms with van der Waals surface area (Å²) in [5.41, 5.74) is 0.0916. The molecule has 1 fully saturated rings. The van der Waals surface area contributed by atoms with Gasteiger partial charge in [-0.25, -0.2) is 0 Å². The molecule has 0 saturated carbocycles. The van der Waals surface area contributed by atoms with E-state index in [4.69, 9.17) is 14.2 Å². The van der Waals surface area contributed by atoms with Crippen molar-refractivity contribution in [3.63, 3.8) is 0 Å². The summed E-state index contributed by atoms with van der Waals surface area (Å²) in [4.78, 5) is 22.9. The van der Waals surface area contributed by atoms with E-state index in [2.05, 4.69) is 6.07 Å². The Hall–Kier alpha value is -3.25. The molecule has 32 heavy (non-hydrogen) atoms. The van der Waals surface area contributed by atoms with Crippen LogP contribution in [0.5, 0.6) is 0 Å². The van der Waals surface area contributed by atoms with Crippen LogP contribution in [0, 0.1) is 17.2 Å². The molecule has 3 rings (SSSR count). The van der Waals surface area contributed by atoms with Crippen molar-refractivity contribution in [3.8, 4) is 6.07 Å². The smallest absolute Gasteiger partial charge is 0.305 e. The van der Waals surface area contributed by atoms with Crippen molar-refractivity contribution < 1.29 is 34.0 Å². The fourth-order valence-electron chi connectivity index (χ4n) is 3.92. The fourth-order valence-corrected chi connectivity index (χ4v) is 3.92. The number of carbonyl (C=O) groups is 2. The molecule has 1 aliphatic heterocycles. The Morgan fingerprint density at radius 3 is 2.03 bits per heavy atom. The maximum absolute atomic E-state index is 11.5. The Labute approximate surface area is 186 Å². The highest BCUT2D eigenvalue weighted by atomic mass is 16.6. The summed E-state index contributed by atoms with van der Waals surface area (Å²) < 4.78 is 17.7. The lowest BCUT2D eigenvalue weighted by atomic mass is 9.86. The zero-order valence-electron chi connectivity index (χ0n) is 17.4. The van der Waals surface area contributed by atoms with Gasteiger partial charge in [-0.2, -0.15) is 5.26 Å². The molecule has 1 heterocycles. The molecule has 0 spiro atoms. The predicted octanol–water partition coefficient (Wildman–Crippen LogP) is 3.02. The number of nitrogens with zero attached hydrogens (tertiary/aromatic N) is 1. The Bertz CT molecular complexity index is 944. The number of hydrogen-bond acceptors (Lipinski definition) is 6. The third-order valence-electron chi connectivity index (χ3n) is 5.36. The van der Waals surface area contributed by atoms with Crippen LogP contribution in [0.3, 0.4) is 0 Å². The van der Waals surface area contributed by atoms with E-state index in [1.807, 2.05) is 60.7 Å². The lowest BCUT2D eigenvalue weighted by Crippen LogP contribution is -2.46. The molecule has 8 heteroatoms. The van der Waals surface area contributed by atoms with Crippen molar-refractivity contribution in [1.29, 1.82) is 5.26 Å². The summed E-state index contributed by atoms with van der Waals surface area (Å²) in [6, 6.07) is 20.7. The lowest BCUT2D eigenvalue weighted by Gasteiger charge is -2.29. The first-order chi connectivity index (χ1) is 15.4. The number of carboxylic acid groups (broad SMARTS) is 2. The maximum Gasteiger partial charge on any atom is 0.305 e. The monoisotopic (exact) mass is 439 g/mol. The summed E-state index contributed by atoms with van der Waals surface area (Å²) in [7, 11) is 0. The van der Waals surface area contributed by atoms with E-state index < -0.39 is 42.1 Å². The molecule has 0 aromatic heterocycles. The Kier molecular flexibility index (Phi) is 7.95. The van der Waals surface area contributed by atoms with Gasteiger partial charge in [0.15, 0.2) is 0 Å². The highest BCUT2D eigenvalue weighted by Crippen LogP contribution is 2.41. The van der Waals surface area contributed by atoms with Crippen LogP contribution in [-0.4, -0.2) is 46.6 Å². The van der Waals surface area contributed by atoms with E-state index in [0.29, 0.717) is 0 Å². The van der Waals surface area contributed by atoms with Gasteiger partial charge < -0.3 is 24.4 Å². The van der Waals surface area contributed by atoms with Crippen LogP contribution in [0.15, 0.2) is 60.7 Å². The quantitative estimate of drug-likeness (QED) is 0.547. The van der Waals surface area contributed by atoms with Gasteiger partial charge in [0.1, 0.15) is 12.2 Å². The van der Waals surface area contributed by atoms with Gasteiger partial charge in [0.05, 0.1) is 38.8 Å². The maximum atomic E-state index is 11.5. The molecule has 1 aliphatic rings. The first-order valence-corrected chi connectivity index (χ1v) is 10.2. The van der Waals surface area contributed by atoms with Crippen molar-refractivity contribution in [3.05, 3.63) is 71.8 Å². The van der Waals surface area contributed by atoms with Crippen LogP contribution in [0.25, 0.3) is 0 Å². The van der Waals surface area contributed by atoms with E-state index >= 15 is 0 Å². The van der Waals surface area contributed by atoms with Gasteiger partial charge >= 0.3 is 11.9 Å². The molecule has 168 valence electrons. The first kappa shape index (κ1) is 23.4. The van der Waals surface area contributed by atoms with Crippen LogP contribution in [0.2, 0.25) is 0 Å². The number of carboxylic acids is 2. The molecular weight excluding hydrogens is 414 g/mol. The molecule has 2 N–H and O–H groups in total. The van der Waals surface area contributed by atoms with Crippen LogP contribution in [0.1, 0.15) is 24.0 Å². The van der Waals surface area contributed by atoms with E-state index in [1.165, 1.54) is 0 Å². The Morgan fingerprint density at radius 1 is 0.938 bits per heavy atom. The van der Waals surface area contributed by atoms with Gasteiger partial charge in [0.25, 0.3) is 0 Å². The second-order valence-electron chi connectivity index (χ2n) is 7.71. The molecule has 8 nitrogen and oxygen atoms in total. The van der Waals surface area contributed by atoms with Gasteiger partial charge in [-0.1, -0.05) is 60.7 Å². The molecule has 0 aliphatic carbocycles. The molecule has 0 bridgehead atoms. The van der Waals surface area contributed by atoms with Crippen LogP contribution < -0.4 is 0 Å². The number of aliphatic carboxylic acids is 2. The van der Waals surface area contributed by atoms with Crippen molar-refractivity contribution in [2.24, 2.45) is 5.92 Å². The largest absolute Gasteiger partial charge is 0.481 e. The summed E-state index contributed by atoms with van der Waals surface area (Å²) in [5.74, 6) is -3.10. The standard InChI is InChI=1S/C24H25NO7/c25-15-24(16-30-13-17-7-3-1-4-8-17)23(31-14-18-9-5-2-6-10-18)19(11-21(26)27)20(32-24)12-22(28)29/h1-10,19-20,23H,11-14,16H2,(H,26,27)(H,28,29)/t19-,20?,23+,24-/m1/s1. The topological polar surface area (TPSA) is 126 Å². The minimum Gasteiger partial charge on any atom is -0.481 e. The second kappa shape index (κ2) is 10.9. The number of ether oxygens (including phenoxy) is 3. The molecular formula is C24H25NO7. The molecule has 1 unspecified atom stereocenters. The van der Waals surface area contributed by atoms with Crippen LogP contribution in [-0.2, 0) is 37.0 Å². The normalized spacial score (nSPS) is 24.7. The Morgan fingerprint density at radius 2 is 1.50 bits per heavy atom. The van der Waals surface area contributed by atoms with Gasteiger partial charge in [-0.3, -0.25) is 9.59 Å². The Balaban J connectivity index is 1.84. The summed E-state index contributed by atoms with van der Waals surface area (Å²) in [6.07, 6.45) is -2.81. The van der Waals surface area contributed by atoms with Crippen LogP contribution >= 0.6 is 0 Å². The average Bonchev–Trinajstić information content (AvgIpc) is 3.05. The van der Waals surface area contributed by atoms with Crippen molar-refractivity contribution in [2.45, 2.75) is 43.9 Å². The second-order valence-corrected chi connectivity index (χ2v) is 7.71. The van der Waals surface area contributed by atoms with Crippen molar-refractivity contribution in [1.82, 2.24) is 0 Å². The third-order valence-corrected chi connectivity index (χ3v) is 5.36. The number of hydrogen-bond donors (Lipinski definition) is 2. The first-order valence-electron chi connectivity index (χ1n) is 10.2. The SMILES string of the molecule is N#C[C@]1(COCc2ccccc2)OC(CC(=O)O)[C@@H](CC(=O)O)[C@@H]1OCc1ccccc1. The van der Waals surface area contributed by atoms with Gasteiger partial charge in [-0.15, -0.1) is 0 Å². The summed E-state index contributed by atoms with van der Waals surface area (Å²) >= 11 is 0. The average molecular weight is 439 g/mol. The highest BCUT2D eigenvalue weighted by molar-refractivity contribution is 5.69. The molecule has 0 amide bonds. The van der Waals surface area contributed by atoms with Crippen LogP contribution in [0.4, 0.5) is 0 Å². The van der Waals surface area contributed by atoms with Gasteiger partial charge in [-0.05, 0) is 11.1 Å². The summed E-state index contributed by atoms with van der Waals surface area (Å²) in [5, 5.41) is 28.8. The minimum atomic E-state index is -1.64. The zero-order valence-corrected chi connectivity index (χ0v) is 17.4. The van der Waals surface area contributed by atoms with E-state index in [-0.39, 0.29) is 26.2 Å². The fraction of sp³-hybridized carbons (Fsp3) is 0.375. The molecule has 1 saturated heterocycles. The molecule has 0 radical (unpaired) electrons.